The van der Waals surface area contributed by atoms with Gasteiger partial charge in [-0.3, -0.25) is 4.79 Å². The van der Waals surface area contributed by atoms with E-state index in [2.05, 4.69) is 0 Å². The van der Waals surface area contributed by atoms with Gasteiger partial charge in [0.05, 0.1) is 5.56 Å². The number of hydrogen-bond donors (Lipinski definition) is 1. The molecule has 1 saturated carbocycles. The first-order valence-corrected chi connectivity index (χ1v) is 6.23. The van der Waals surface area contributed by atoms with Crippen LogP contribution in [0.4, 0.5) is 13.2 Å². The second-order valence-electron chi connectivity index (χ2n) is 5.32. The summed E-state index contributed by atoms with van der Waals surface area (Å²) in [5.74, 6) is -0.161. The number of carbonyl (C=O) groups is 1. The van der Waals surface area contributed by atoms with Crippen molar-refractivity contribution in [3.05, 3.63) is 35.4 Å². The van der Waals surface area contributed by atoms with Gasteiger partial charge in [0.15, 0.2) is 5.78 Å². The number of hydrogen-bond acceptors (Lipinski definition) is 2. The molecule has 1 aliphatic rings. The molecule has 1 fully saturated rings. The molecule has 1 aromatic rings. The number of rotatable bonds is 2. The molecule has 2 N–H and O–H groups in total. The summed E-state index contributed by atoms with van der Waals surface area (Å²) in [6.45, 7) is 1.80. The minimum Gasteiger partial charge on any atom is -0.327 e. The summed E-state index contributed by atoms with van der Waals surface area (Å²) in [4.78, 5) is 12.4. The molecule has 0 heterocycles. The van der Waals surface area contributed by atoms with Crippen LogP contribution in [0.5, 0.6) is 0 Å². The molecule has 104 valence electrons. The molecule has 0 aromatic heterocycles. The van der Waals surface area contributed by atoms with Crippen LogP contribution in [-0.2, 0) is 6.18 Å². The predicted molar refractivity (Wildman–Crippen MR) is 65.7 cm³/mol. The standard InChI is InChI=1S/C14H16F3NO/c1-13(8-2-3-11(13)18)12(19)9-4-6-10(7-5-9)14(15,16)17/h4-7,11H,2-3,8,18H2,1H3. The Kier molecular flexibility index (Phi) is 3.43. The van der Waals surface area contributed by atoms with Gasteiger partial charge in [0.2, 0.25) is 0 Å². The zero-order valence-electron chi connectivity index (χ0n) is 10.6. The number of nitrogens with two attached hydrogens (primary N) is 1. The second kappa shape index (κ2) is 4.63. The monoisotopic (exact) mass is 271 g/mol. The van der Waals surface area contributed by atoms with Crippen molar-refractivity contribution in [3.8, 4) is 0 Å². The molecular weight excluding hydrogens is 255 g/mol. The Hall–Kier alpha value is -1.36. The fraction of sp³-hybridized carbons (Fsp3) is 0.500. The van der Waals surface area contributed by atoms with Crippen molar-refractivity contribution in [3.63, 3.8) is 0 Å². The summed E-state index contributed by atoms with van der Waals surface area (Å²) in [5.41, 5.74) is 4.85. The summed E-state index contributed by atoms with van der Waals surface area (Å²) in [6.07, 6.45) is -2.03. The highest BCUT2D eigenvalue weighted by atomic mass is 19.4. The van der Waals surface area contributed by atoms with Crippen LogP contribution in [-0.4, -0.2) is 11.8 Å². The van der Waals surface area contributed by atoms with Gasteiger partial charge < -0.3 is 5.73 Å². The lowest BCUT2D eigenvalue weighted by Gasteiger charge is -2.27. The average molecular weight is 271 g/mol. The Balaban J connectivity index is 2.26. The van der Waals surface area contributed by atoms with Crippen LogP contribution in [0.1, 0.15) is 42.1 Å². The van der Waals surface area contributed by atoms with Crippen molar-refractivity contribution < 1.29 is 18.0 Å². The fourth-order valence-electron chi connectivity index (χ4n) is 2.62. The van der Waals surface area contributed by atoms with Crippen molar-refractivity contribution in [2.24, 2.45) is 11.1 Å². The van der Waals surface area contributed by atoms with Gasteiger partial charge >= 0.3 is 6.18 Å². The third-order valence-electron chi connectivity index (χ3n) is 4.02. The number of carbonyl (C=O) groups excluding carboxylic acids is 1. The number of ketones is 1. The molecular formula is C14H16F3NO. The summed E-state index contributed by atoms with van der Waals surface area (Å²) in [6, 6.07) is 4.14. The molecule has 0 aliphatic heterocycles. The molecule has 1 aliphatic carbocycles. The number of halogens is 3. The maximum atomic E-state index is 12.5. The van der Waals surface area contributed by atoms with E-state index in [4.69, 9.17) is 5.73 Å². The summed E-state index contributed by atoms with van der Waals surface area (Å²) in [5, 5.41) is 0. The molecule has 0 bridgehead atoms. The Morgan fingerprint density at radius 3 is 2.32 bits per heavy atom. The van der Waals surface area contributed by atoms with Crippen LogP contribution in [0.15, 0.2) is 24.3 Å². The molecule has 19 heavy (non-hydrogen) atoms. The first kappa shape index (κ1) is 14.1. The second-order valence-corrected chi connectivity index (χ2v) is 5.32. The predicted octanol–water partition coefficient (Wildman–Crippen LogP) is 3.41. The third-order valence-corrected chi connectivity index (χ3v) is 4.02. The molecule has 0 radical (unpaired) electrons. The first-order valence-electron chi connectivity index (χ1n) is 6.23. The van der Waals surface area contributed by atoms with Gasteiger partial charge in [-0.1, -0.05) is 25.5 Å². The van der Waals surface area contributed by atoms with Crippen molar-refractivity contribution >= 4 is 5.78 Å². The van der Waals surface area contributed by atoms with Gasteiger partial charge in [-0.15, -0.1) is 0 Å². The van der Waals surface area contributed by atoms with Crippen molar-refractivity contribution in [2.75, 3.05) is 0 Å². The van der Waals surface area contributed by atoms with Crippen LogP contribution in [0.2, 0.25) is 0 Å². The smallest absolute Gasteiger partial charge is 0.327 e. The van der Waals surface area contributed by atoms with Crippen LogP contribution in [0.25, 0.3) is 0 Å². The lowest BCUT2D eigenvalue weighted by atomic mass is 9.78. The summed E-state index contributed by atoms with van der Waals surface area (Å²) in [7, 11) is 0. The van der Waals surface area contributed by atoms with Crippen molar-refractivity contribution in [2.45, 2.75) is 38.4 Å². The van der Waals surface area contributed by atoms with E-state index in [9.17, 15) is 18.0 Å². The minimum atomic E-state index is -4.38. The number of Topliss-reactive ketones (excluding diaryl/α,β-unsaturated/α-hetero) is 1. The van der Waals surface area contributed by atoms with Crippen molar-refractivity contribution in [1.29, 1.82) is 0 Å². The Labute approximate surface area is 109 Å². The Morgan fingerprint density at radius 1 is 1.32 bits per heavy atom. The minimum absolute atomic E-state index is 0.161. The molecule has 2 atom stereocenters. The largest absolute Gasteiger partial charge is 0.416 e. The Bertz CT molecular complexity index is 480. The van der Waals surface area contributed by atoms with Gasteiger partial charge in [0.1, 0.15) is 0 Å². The number of alkyl halides is 3. The summed E-state index contributed by atoms with van der Waals surface area (Å²) >= 11 is 0. The van der Waals surface area contributed by atoms with E-state index in [0.29, 0.717) is 12.0 Å². The lowest BCUT2D eigenvalue weighted by Crippen LogP contribution is -2.41. The molecule has 0 saturated heterocycles. The van der Waals surface area contributed by atoms with E-state index in [-0.39, 0.29) is 11.8 Å². The third kappa shape index (κ3) is 2.52. The highest BCUT2D eigenvalue weighted by molar-refractivity contribution is 6.01. The fourth-order valence-corrected chi connectivity index (χ4v) is 2.62. The average Bonchev–Trinajstić information content (AvgIpc) is 2.69. The van der Waals surface area contributed by atoms with Crippen LogP contribution < -0.4 is 5.73 Å². The molecule has 0 spiro atoms. The highest BCUT2D eigenvalue weighted by Gasteiger charge is 2.43. The Morgan fingerprint density at radius 2 is 1.89 bits per heavy atom. The van der Waals surface area contributed by atoms with Crippen molar-refractivity contribution in [1.82, 2.24) is 0 Å². The molecule has 2 nitrogen and oxygen atoms in total. The van der Waals surface area contributed by atoms with E-state index in [1.165, 1.54) is 12.1 Å². The van der Waals surface area contributed by atoms with Crippen LogP contribution in [0.3, 0.4) is 0 Å². The molecule has 1 aromatic carbocycles. The van der Waals surface area contributed by atoms with E-state index in [1.54, 1.807) is 6.92 Å². The maximum absolute atomic E-state index is 12.5. The van der Waals surface area contributed by atoms with E-state index >= 15 is 0 Å². The maximum Gasteiger partial charge on any atom is 0.416 e. The normalized spacial score (nSPS) is 27.5. The summed E-state index contributed by atoms with van der Waals surface area (Å²) < 4.78 is 37.4. The van der Waals surface area contributed by atoms with Gasteiger partial charge in [0.25, 0.3) is 0 Å². The first-order chi connectivity index (χ1) is 8.75. The van der Waals surface area contributed by atoms with Gasteiger partial charge in [-0.2, -0.15) is 13.2 Å². The quantitative estimate of drug-likeness (QED) is 0.838. The highest BCUT2D eigenvalue weighted by Crippen LogP contribution is 2.40. The zero-order valence-corrected chi connectivity index (χ0v) is 10.6. The van der Waals surface area contributed by atoms with Crippen LogP contribution >= 0.6 is 0 Å². The molecule has 0 amide bonds. The SMILES string of the molecule is CC1(C(=O)c2ccc(C(F)(F)F)cc2)CCCC1N. The molecule has 2 rings (SSSR count). The van der Waals surface area contributed by atoms with Gasteiger partial charge in [0, 0.05) is 17.0 Å². The lowest BCUT2D eigenvalue weighted by molar-refractivity contribution is -0.137. The molecule has 5 heteroatoms. The van der Waals surface area contributed by atoms with E-state index < -0.39 is 17.2 Å². The topological polar surface area (TPSA) is 43.1 Å². The van der Waals surface area contributed by atoms with Gasteiger partial charge in [-0.25, -0.2) is 0 Å². The van der Waals surface area contributed by atoms with Gasteiger partial charge in [-0.05, 0) is 25.0 Å². The zero-order chi connectivity index (χ0) is 14.3. The van der Waals surface area contributed by atoms with Crippen LogP contribution in [0, 0.1) is 5.41 Å². The molecule has 2 unspecified atom stereocenters. The van der Waals surface area contributed by atoms with E-state index in [1.807, 2.05) is 0 Å². The van der Waals surface area contributed by atoms with E-state index in [0.717, 1.165) is 25.0 Å². The number of benzene rings is 1.